The first-order valence-electron chi connectivity index (χ1n) is 6.14. The van der Waals surface area contributed by atoms with Crippen molar-refractivity contribution in [2.24, 2.45) is 7.05 Å². The summed E-state index contributed by atoms with van der Waals surface area (Å²) >= 11 is 0. The third kappa shape index (κ3) is 2.39. The van der Waals surface area contributed by atoms with E-state index < -0.39 is 0 Å². The van der Waals surface area contributed by atoms with Crippen LogP contribution in [-0.4, -0.2) is 15.8 Å². The molecule has 3 heteroatoms. The molecule has 1 N–H and O–H groups in total. The molecule has 0 aliphatic heterocycles. The van der Waals surface area contributed by atoms with E-state index in [0.717, 1.165) is 18.3 Å². The number of hydrogen-bond donors (Lipinski definition) is 1. The Kier molecular flexibility index (Phi) is 2.69. The maximum atomic E-state index is 4.47. The molecule has 0 bridgehead atoms. The normalized spacial score (nSPS) is 15.1. The second-order valence-corrected chi connectivity index (χ2v) is 4.69. The highest BCUT2D eigenvalue weighted by Gasteiger charge is 2.20. The van der Waals surface area contributed by atoms with Crippen molar-refractivity contribution in [3.05, 3.63) is 42.1 Å². The van der Waals surface area contributed by atoms with Crippen LogP contribution < -0.4 is 5.32 Å². The summed E-state index contributed by atoms with van der Waals surface area (Å²) in [6.45, 7) is 0.942. The van der Waals surface area contributed by atoms with E-state index in [0.29, 0.717) is 0 Å². The van der Waals surface area contributed by atoms with Gasteiger partial charge in [0, 0.05) is 31.4 Å². The third-order valence-electron chi connectivity index (χ3n) is 3.17. The highest BCUT2D eigenvalue weighted by molar-refractivity contribution is 5.63. The average molecular weight is 227 g/mol. The van der Waals surface area contributed by atoms with Gasteiger partial charge in [0.15, 0.2) is 0 Å². The van der Waals surface area contributed by atoms with Gasteiger partial charge in [-0.15, -0.1) is 0 Å². The molecule has 0 spiro atoms. The molecular weight excluding hydrogens is 210 g/mol. The molecule has 1 aromatic carbocycles. The topological polar surface area (TPSA) is 29.9 Å². The molecule has 0 atom stereocenters. The number of rotatable bonds is 4. The van der Waals surface area contributed by atoms with Crippen molar-refractivity contribution in [1.82, 2.24) is 15.1 Å². The van der Waals surface area contributed by atoms with Crippen molar-refractivity contribution in [1.29, 1.82) is 0 Å². The Morgan fingerprint density at radius 3 is 2.82 bits per heavy atom. The maximum Gasteiger partial charge on any atom is 0.0926 e. The molecule has 2 aromatic rings. The minimum Gasteiger partial charge on any atom is -0.310 e. The molecule has 1 aliphatic rings. The van der Waals surface area contributed by atoms with Crippen LogP contribution in [0.5, 0.6) is 0 Å². The monoisotopic (exact) mass is 227 g/mol. The second-order valence-electron chi connectivity index (χ2n) is 4.69. The van der Waals surface area contributed by atoms with Gasteiger partial charge in [0.25, 0.3) is 0 Å². The van der Waals surface area contributed by atoms with E-state index in [2.05, 4.69) is 40.7 Å². The largest absolute Gasteiger partial charge is 0.310 e. The van der Waals surface area contributed by atoms with Gasteiger partial charge in [0.1, 0.15) is 0 Å². The van der Waals surface area contributed by atoms with Crippen molar-refractivity contribution >= 4 is 0 Å². The highest BCUT2D eigenvalue weighted by Crippen LogP contribution is 2.24. The second kappa shape index (κ2) is 4.34. The number of benzene rings is 1. The van der Waals surface area contributed by atoms with E-state index in [1.54, 1.807) is 0 Å². The van der Waals surface area contributed by atoms with E-state index in [1.165, 1.54) is 24.0 Å². The summed E-state index contributed by atoms with van der Waals surface area (Å²) in [5, 5.41) is 8.03. The Hall–Kier alpha value is -1.61. The molecule has 3 nitrogen and oxygen atoms in total. The van der Waals surface area contributed by atoms with E-state index in [-0.39, 0.29) is 0 Å². The summed E-state index contributed by atoms with van der Waals surface area (Å²) in [4.78, 5) is 0. The molecule has 1 heterocycles. The van der Waals surface area contributed by atoms with Crippen molar-refractivity contribution in [2.75, 3.05) is 0 Å². The van der Waals surface area contributed by atoms with E-state index in [4.69, 9.17) is 0 Å². The van der Waals surface area contributed by atoms with E-state index >= 15 is 0 Å². The summed E-state index contributed by atoms with van der Waals surface area (Å²) in [6.07, 6.45) is 4.64. The zero-order valence-electron chi connectivity index (χ0n) is 10.1. The highest BCUT2D eigenvalue weighted by atomic mass is 15.2. The van der Waals surface area contributed by atoms with Crippen LogP contribution >= 0.6 is 0 Å². The minimum absolute atomic E-state index is 0.742. The minimum atomic E-state index is 0.742. The van der Waals surface area contributed by atoms with Gasteiger partial charge < -0.3 is 5.32 Å². The molecule has 17 heavy (non-hydrogen) atoms. The van der Waals surface area contributed by atoms with Gasteiger partial charge in [-0.1, -0.05) is 24.3 Å². The standard InChI is InChI=1S/C14H17N3/c1-17-9-8-14(16-17)13-5-3-2-4-11(13)10-15-12-6-7-12/h2-5,8-9,12,15H,6-7,10H2,1H3. The molecule has 0 unspecified atom stereocenters. The van der Waals surface area contributed by atoms with E-state index in [1.807, 2.05) is 17.9 Å². The molecule has 0 amide bonds. The molecule has 3 rings (SSSR count). The fourth-order valence-corrected chi connectivity index (χ4v) is 2.02. The lowest BCUT2D eigenvalue weighted by Crippen LogP contribution is -2.15. The summed E-state index contributed by atoms with van der Waals surface area (Å²) in [7, 11) is 1.95. The van der Waals surface area contributed by atoms with Gasteiger partial charge in [-0.25, -0.2) is 0 Å². The zero-order chi connectivity index (χ0) is 11.7. The summed E-state index contributed by atoms with van der Waals surface area (Å²) in [5.41, 5.74) is 3.63. The quantitative estimate of drug-likeness (QED) is 0.869. The average Bonchev–Trinajstić information content (AvgIpc) is 3.08. The van der Waals surface area contributed by atoms with Crippen molar-refractivity contribution in [3.8, 4) is 11.3 Å². The SMILES string of the molecule is Cn1ccc(-c2ccccc2CNC2CC2)n1. The lowest BCUT2D eigenvalue weighted by Gasteiger charge is -2.08. The van der Waals surface area contributed by atoms with Crippen molar-refractivity contribution < 1.29 is 0 Å². The zero-order valence-corrected chi connectivity index (χ0v) is 10.1. The maximum absolute atomic E-state index is 4.47. The Balaban J connectivity index is 1.86. The number of nitrogens with one attached hydrogen (secondary N) is 1. The Bertz CT molecular complexity index is 512. The lowest BCUT2D eigenvalue weighted by atomic mass is 10.0. The van der Waals surface area contributed by atoms with Crippen LogP contribution in [0.25, 0.3) is 11.3 Å². The summed E-state index contributed by atoms with van der Waals surface area (Å²) in [5.74, 6) is 0. The Morgan fingerprint density at radius 1 is 1.29 bits per heavy atom. The fourth-order valence-electron chi connectivity index (χ4n) is 2.02. The Morgan fingerprint density at radius 2 is 2.12 bits per heavy atom. The van der Waals surface area contributed by atoms with Crippen LogP contribution in [0, 0.1) is 0 Å². The van der Waals surface area contributed by atoms with Crippen molar-refractivity contribution in [3.63, 3.8) is 0 Å². The van der Waals surface area contributed by atoms with Crippen LogP contribution in [-0.2, 0) is 13.6 Å². The molecule has 1 aliphatic carbocycles. The van der Waals surface area contributed by atoms with Gasteiger partial charge in [-0.2, -0.15) is 5.10 Å². The molecule has 88 valence electrons. The molecular formula is C14H17N3. The first-order chi connectivity index (χ1) is 8.33. The third-order valence-corrected chi connectivity index (χ3v) is 3.17. The number of aromatic nitrogens is 2. The van der Waals surface area contributed by atoms with Gasteiger partial charge in [0.05, 0.1) is 5.69 Å². The lowest BCUT2D eigenvalue weighted by molar-refractivity contribution is 0.688. The van der Waals surface area contributed by atoms with Gasteiger partial charge in [0.2, 0.25) is 0 Å². The Labute approximate surface area is 101 Å². The molecule has 1 fully saturated rings. The molecule has 0 saturated heterocycles. The van der Waals surface area contributed by atoms with Gasteiger partial charge in [-0.3, -0.25) is 4.68 Å². The predicted molar refractivity (Wildman–Crippen MR) is 68.5 cm³/mol. The van der Waals surface area contributed by atoms with Gasteiger partial charge >= 0.3 is 0 Å². The van der Waals surface area contributed by atoms with E-state index in [9.17, 15) is 0 Å². The summed E-state index contributed by atoms with van der Waals surface area (Å²) < 4.78 is 1.85. The van der Waals surface area contributed by atoms with Crippen LogP contribution in [0.3, 0.4) is 0 Å². The number of aryl methyl sites for hydroxylation is 1. The fraction of sp³-hybridized carbons (Fsp3) is 0.357. The molecule has 0 radical (unpaired) electrons. The number of nitrogens with zero attached hydrogens (tertiary/aromatic N) is 2. The van der Waals surface area contributed by atoms with Crippen LogP contribution in [0.2, 0.25) is 0 Å². The van der Waals surface area contributed by atoms with Crippen LogP contribution in [0.1, 0.15) is 18.4 Å². The first kappa shape index (κ1) is 10.5. The van der Waals surface area contributed by atoms with Gasteiger partial charge in [-0.05, 0) is 24.5 Å². The van der Waals surface area contributed by atoms with Crippen molar-refractivity contribution in [2.45, 2.75) is 25.4 Å². The molecule has 1 saturated carbocycles. The summed E-state index contributed by atoms with van der Waals surface area (Å²) in [6, 6.07) is 11.3. The smallest absolute Gasteiger partial charge is 0.0926 e. The van der Waals surface area contributed by atoms with Crippen LogP contribution in [0.15, 0.2) is 36.5 Å². The number of hydrogen-bond acceptors (Lipinski definition) is 2. The van der Waals surface area contributed by atoms with Crippen LogP contribution in [0.4, 0.5) is 0 Å². The predicted octanol–water partition coefficient (Wildman–Crippen LogP) is 2.34. The first-order valence-corrected chi connectivity index (χ1v) is 6.14. The molecule has 1 aromatic heterocycles.